The fraction of sp³-hybridized carbons (Fsp3) is 0.462. The maximum absolute atomic E-state index is 10.3. The molecule has 16 heavy (non-hydrogen) atoms. The van der Waals surface area contributed by atoms with Crippen LogP contribution >= 0.6 is 0 Å². The summed E-state index contributed by atoms with van der Waals surface area (Å²) in [5.41, 5.74) is 2.48. The molecule has 88 valence electrons. The van der Waals surface area contributed by atoms with E-state index in [2.05, 4.69) is 13.8 Å². The maximum Gasteiger partial charge on any atom is 0.306 e. The molecule has 0 saturated carbocycles. The molecule has 1 aromatic carbocycles. The molecule has 0 heterocycles. The van der Waals surface area contributed by atoms with Gasteiger partial charge in [0.05, 0.1) is 13.0 Å². The lowest BCUT2D eigenvalue weighted by molar-refractivity contribution is -0.137. The second-order valence-electron chi connectivity index (χ2n) is 4.17. The summed E-state index contributed by atoms with van der Waals surface area (Å²) in [6.45, 7) is 6.55. The van der Waals surface area contributed by atoms with E-state index in [1.807, 2.05) is 25.1 Å². The summed E-state index contributed by atoms with van der Waals surface area (Å²) in [7, 11) is 0. The van der Waals surface area contributed by atoms with Crippen molar-refractivity contribution in [3.63, 3.8) is 0 Å². The molecular weight excluding hydrogens is 204 g/mol. The highest BCUT2D eigenvalue weighted by atomic mass is 16.5. The summed E-state index contributed by atoms with van der Waals surface area (Å²) in [5.74, 6) is 0.395. The smallest absolute Gasteiger partial charge is 0.306 e. The van der Waals surface area contributed by atoms with Gasteiger partial charge in [0.25, 0.3) is 0 Å². The Kier molecular flexibility index (Phi) is 4.35. The summed E-state index contributed by atoms with van der Waals surface area (Å²) in [4.78, 5) is 10.3. The summed E-state index contributed by atoms with van der Waals surface area (Å²) in [6, 6.07) is 5.89. The molecule has 0 aliphatic carbocycles. The molecule has 3 nitrogen and oxygen atoms in total. The highest BCUT2D eigenvalue weighted by molar-refractivity contribution is 5.66. The fourth-order valence-corrected chi connectivity index (χ4v) is 1.64. The van der Waals surface area contributed by atoms with E-state index in [0.29, 0.717) is 5.92 Å². The molecule has 0 radical (unpaired) electrons. The summed E-state index contributed by atoms with van der Waals surface area (Å²) in [6.07, 6.45) is 0.0327. The Morgan fingerprint density at radius 1 is 1.44 bits per heavy atom. The van der Waals surface area contributed by atoms with Crippen LogP contribution in [0.15, 0.2) is 18.2 Å². The fourth-order valence-electron chi connectivity index (χ4n) is 1.64. The van der Waals surface area contributed by atoms with Gasteiger partial charge in [-0.05, 0) is 36.1 Å². The van der Waals surface area contributed by atoms with E-state index in [1.165, 1.54) is 11.1 Å². The quantitative estimate of drug-likeness (QED) is 0.833. The standard InChI is InChI=1S/C13H18O3/c1-9(2)12-5-4-11(8-10(12)3)16-7-6-13(14)15/h4-5,8-9H,6-7H2,1-3H3,(H,14,15). The Labute approximate surface area is 96.1 Å². The zero-order chi connectivity index (χ0) is 12.1. The maximum atomic E-state index is 10.3. The van der Waals surface area contributed by atoms with E-state index in [-0.39, 0.29) is 13.0 Å². The van der Waals surface area contributed by atoms with Crippen LogP contribution in [0.3, 0.4) is 0 Å². The number of hydrogen-bond acceptors (Lipinski definition) is 2. The zero-order valence-electron chi connectivity index (χ0n) is 9.99. The van der Waals surface area contributed by atoms with Crippen molar-refractivity contribution in [2.24, 2.45) is 0 Å². The lowest BCUT2D eigenvalue weighted by atomic mass is 9.98. The minimum absolute atomic E-state index is 0.0327. The Morgan fingerprint density at radius 3 is 2.62 bits per heavy atom. The van der Waals surface area contributed by atoms with Gasteiger partial charge < -0.3 is 9.84 Å². The van der Waals surface area contributed by atoms with Crippen molar-refractivity contribution >= 4 is 5.97 Å². The van der Waals surface area contributed by atoms with Gasteiger partial charge in [0, 0.05) is 0 Å². The van der Waals surface area contributed by atoms with Crippen LogP contribution in [-0.2, 0) is 4.79 Å². The summed E-state index contributed by atoms with van der Waals surface area (Å²) >= 11 is 0. The van der Waals surface area contributed by atoms with Gasteiger partial charge in [0.2, 0.25) is 0 Å². The minimum atomic E-state index is -0.837. The average Bonchev–Trinajstić information content (AvgIpc) is 2.16. The molecule has 3 heteroatoms. The molecule has 0 amide bonds. The van der Waals surface area contributed by atoms with Gasteiger partial charge in [-0.15, -0.1) is 0 Å². The van der Waals surface area contributed by atoms with Gasteiger partial charge in [-0.2, -0.15) is 0 Å². The predicted molar refractivity (Wildman–Crippen MR) is 63.0 cm³/mol. The Morgan fingerprint density at radius 2 is 2.12 bits per heavy atom. The number of rotatable bonds is 5. The molecule has 1 N–H and O–H groups in total. The van der Waals surface area contributed by atoms with Crippen molar-refractivity contribution in [2.45, 2.75) is 33.1 Å². The lowest BCUT2D eigenvalue weighted by Crippen LogP contribution is -2.05. The molecule has 0 saturated heterocycles. The molecular formula is C13H18O3. The van der Waals surface area contributed by atoms with Crippen LogP contribution in [-0.4, -0.2) is 17.7 Å². The number of carboxylic acids is 1. The van der Waals surface area contributed by atoms with Crippen molar-refractivity contribution in [1.82, 2.24) is 0 Å². The Bertz CT molecular complexity index is 369. The molecule has 0 unspecified atom stereocenters. The van der Waals surface area contributed by atoms with E-state index in [0.717, 1.165) is 5.75 Å². The largest absolute Gasteiger partial charge is 0.493 e. The first-order valence-electron chi connectivity index (χ1n) is 5.46. The van der Waals surface area contributed by atoms with Crippen molar-refractivity contribution in [1.29, 1.82) is 0 Å². The van der Waals surface area contributed by atoms with Crippen molar-refractivity contribution in [3.05, 3.63) is 29.3 Å². The number of hydrogen-bond donors (Lipinski definition) is 1. The normalized spacial score (nSPS) is 10.5. The first-order valence-corrected chi connectivity index (χ1v) is 5.46. The molecule has 0 spiro atoms. The third kappa shape index (κ3) is 3.57. The number of carboxylic acid groups (broad SMARTS) is 1. The number of carbonyl (C=O) groups is 1. The third-order valence-electron chi connectivity index (χ3n) is 2.45. The van der Waals surface area contributed by atoms with Gasteiger partial charge >= 0.3 is 5.97 Å². The van der Waals surface area contributed by atoms with Crippen LogP contribution in [0.25, 0.3) is 0 Å². The van der Waals surface area contributed by atoms with Gasteiger partial charge in [-0.25, -0.2) is 0 Å². The SMILES string of the molecule is Cc1cc(OCCC(=O)O)ccc1C(C)C. The molecule has 1 aromatic rings. The number of aryl methyl sites for hydroxylation is 1. The van der Waals surface area contributed by atoms with Gasteiger partial charge in [0.15, 0.2) is 0 Å². The first kappa shape index (κ1) is 12.6. The Balaban J connectivity index is 2.63. The molecule has 1 rings (SSSR count). The van der Waals surface area contributed by atoms with Gasteiger partial charge in [0.1, 0.15) is 5.75 Å². The number of benzene rings is 1. The van der Waals surface area contributed by atoms with Crippen LogP contribution in [0, 0.1) is 6.92 Å². The lowest BCUT2D eigenvalue weighted by Gasteiger charge is -2.11. The van der Waals surface area contributed by atoms with Gasteiger partial charge in [-0.1, -0.05) is 19.9 Å². The molecule has 0 atom stereocenters. The van der Waals surface area contributed by atoms with E-state index in [1.54, 1.807) is 0 Å². The average molecular weight is 222 g/mol. The molecule has 0 aliphatic rings. The topological polar surface area (TPSA) is 46.5 Å². The third-order valence-corrected chi connectivity index (χ3v) is 2.45. The first-order chi connectivity index (χ1) is 7.50. The molecule has 0 aliphatic heterocycles. The Hall–Kier alpha value is -1.51. The molecule has 0 aromatic heterocycles. The second-order valence-corrected chi connectivity index (χ2v) is 4.17. The van der Waals surface area contributed by atoms with Gasteiger partial charge in [-0.3, -0.25) is 4.79 Å². The number of aliphatic carboxylic acids is 1. The molecule has 0 fully saturated rings. The number of ether oxygens (including phenoxy) is 1. The zero-order valence-corrected chi connectivity index (χ0v) is 9.99. The van der Waals surface area contributed by atoms with E-state index < -0.39 is 5.97 Å². The van der Waals surface area contributed by atoms with Crippen molar-refractivity contribution in [3.8, 4) is 5.75 Å². The summed E-state index contributed by atoms with van der Waals surface area (Å²) in [5, 5.41) is 8.48. The minimum Gasteiger partial charge on any atom is -0.493 e. The van der Waals surface area contributed by atoms with Crippen LogP contribution in [0.5, 0.6) is 5.75 Å². The monoisotopic (exact) mass is 222 g/mol. The van der Waals surface area contributed by atoms with Crippen LogP contribution in [0.2, 0.25) is 0 Å². The van der Waals surface area contributed by atoms with E-state index in [9.17, 15) is 4.79 Å². The molecule has 0 bridgehead atoms. The van der Waals surface area contributed by atoms with Crippen molar-refractivity contribution < 1.29 is 14.6 Å². The van der Waals surface area contributed by atoms with Crippen LogP contribution < -0.4 is 4.74 Å². The van der Waals surface area contributed by atoms with E-state index in [4.69, 9.17) is 9.84 Å². The summed E-state index contributed by atoms with van der Waals surface area (Å²) < 4.78 is 5.35. The highest BCUT2D eigenvalue weighted by Crippen LogP contribution is 2.23. The van der Waals surface area contributed by atoms with Crippen LogP contribution in [0.1, 0.15) is 37.3 Å². The highest BCUT2D eigenvalue weighted by Gasteiger charge is 2.05. The van der Waals surface area contributed by atoms with E-state index >= 15 is 0 Å². The second kappa shape index (κ2) is 5.54. The predicted octanol–water partition coefficient (Wildman–Crippen LogP) is 2.97. The van der Waals surface area contributed by atoms with Crippen LogP contribution in [0.4, 0.5) is 0 Å². The van der Waals surface area contributed by atoms with Crippen molar-refractivity contribution in [2.75, 3.05) is 6.61 Å².